The second-order valence-corrected chi connectivity index (χ2v) is 5.20. The molecule has 0 atom stereocenters. The van der Waals surface area contributed by atoms with Crippen LogP contribution in [-0.4, -0.2) is 31.1 Å². The van der Waals surface area contributed by atoms with Crippen LogP contribution in [0.3, 0.4) is 0 Å². The van der Waals surface area contributed by atoms with Gasteiger partial charge in [0.05, 0.1) is 0 Å². The topological polar surface area (TPSA) is 15.3 Å². The second-order valence-electron chi connectivity index (χ2n) is 4.41. The molecule has 16 heavy (non-hydrogen) atoms. The third kappa shape index (κ3) is 2.98. The van der Waals surface area contributed by atoms with Crippen molar-refractivity contribution in [2.75, 3.05) is 31.5 Å². The molecule has 2 nitrogen and oxygen atoms in total. The lowest BCUT2D eigenvalue weighted by Crippen LogP contribution is -2.26. The first-order valence-electron chi connectivity index (χ1n) is 5.99. The molecule has 0 saturated carbocycles. The summed E-state index contributed by atoms with van der Waals surface area (Å²) in [5, 5.41) is 3.49. The number of hydrogen-bond acceptors (Lipinski definition) is 2. The highest BCUT2D eigenvalue weighted by atomic mass is 79.9. The van der Waals surface area contributed by atoms with E-state index in [9.17, 15) is 0 Å². The molecule has 0 radical (unpaired) electrons. The maximum atomic E-state index is 3.62. The van der Waals surface area contributed by atoms with E-state index in [1.807, 2.05) is 0 Å². The van der Waals surface area contributed by atoms with Crippen LogP contribution in [0.4, 0.5) is 5.69 Å². The van der Waals surface area contributed by atoms with Crippen LogP contribution in [0.15, 0.2) is 22.7 Å². The van der Waals surface area contributed by atoms with Crippen LogP contribution in [0.5, 0.6) is 0 Å². The van der Waals surface area contributed by atoms with E-state index >= 15 is 0 Å². The molecule has 1 saturated heterocycles. The lowest BCUT2D eigenvalue weighted by molar-refractivity contribution is 0.352. The summed E-state index contributed by atoms with van der Waals surface area (Å²) in [6.07, 6.45) is 2.74. The minimum Gasteiger partial charge on any atom is -0.383 e. The zero-order chi connectivity index (χ0) is 11.4. The number of halogens is 1. The summed E-state index contributed by atoms with van der Waals surface area (Å²) in [5.41, 5.74) is 2.49. The first-order chi connectivity index (χ1) is 7.77. The van der Waals surface area contributed by atoms with Gasteiger partial charge in [-0.3, -0.25) is 0 Å². The average molecular weight is 283 g/mol. The molecule has 88 valence electrons. The zero-order valence-electron chi connectivity index (χ0n) is 9.80. The Labute approximate surface area is 106 Å². The van der Waals surface area contributed by atoms with E-state index < -0.39 is 0 Å². The Kier molecular flexibility index (Phi) is 4.24. The molecule has 1 fully saturated rings. The summed E-state index contributed by atoms with van der Waals surface area (Å²) in [7, 11) is 0. The summed E-state index contributed by atoms with van der Waals surface area (Å²) in [6.45, 7) is 6.85. The minimum atomic E-state index is 1.03. The van der Waals surface area contributed by atoms with Gasteiger partial charge in [0.2, 0.25) is 0 Å². The van der Waals surface area contributed by atoms with Gasteiger partial charge in [-0.05, 0) is 60.4 Å². The van der Waals surface area contributed by atoms with E-state index in [0.29, 0.717) is 0 Å². The monoisotopic (exact) mass is 282 g/mol. The summed E-state index contributed by atoms with van der Waals surface area (Å²) in [4.78, 5) is 2.52. The predicted octanol–water partition coefficient (Wildman–Crippen LogP) is 3.27. The van der Waals surface area contributed by atoms with Gasteiger partial charge in [-0.1, -0.05) is 12.1 Å². The van der Waals surface area contributed by atoms with Crippen LogP contribution >= 0.6 is 15.9 Å². The smallest absolute Gasteiger partial charge is 0.0487 e. The van der Waals surface area contributed by atoms with Crippen molar-refractivity contribution >= 4 is 21.6 Å². The van der Waals surface area contributed by atoms with E-state index in [-0.39, 0.29) is 0 Å². The number of aryl methyl sites for hydroxylation is 1. The van der Waals surface area contributed by atoms with Gasteiger partial charge < -0.3 is 10.2 Å². The highest BCUT2D eigenvalue weighted by Crippen LogP contribution is 2.25. The summed E-state index contributed by atoms with van der Waals surface area (Å²) >= 11 is 3.62. The molecule has 1 aromatic rings. The number of benzene rings is 1. The van der Waals surface area contributed by atoms with Gasteiger partial charge in [-0.15, -0.1) is 0 Å². The SMILES string of the molecule is Cc1cccc(NCCN2CCCC2)c1Br. The van der Waals surface area contributed by atoms with E-state index in [1.165, 1.54) is 41.7 Å². The van der Waals surface area contributed by atoms with Crippen molar-refractivity contribution in [1.82, 2.24) is 4.90 Å². The van der Waals surface area contributed by atoms with Gasteiger partial charge in [0, 0.05) is 23.2 Å². The quantitative estimate of drug-likeness (QED) is 0.912. The van der Waals surface area contributed by atoms with Gasteiger partial charge >= 0.3 is 0 Å². The number of anilines is 1. The first-order valence-corrected chi connectivity index (χ1v) is 6.78. The van der Waals surface area contributed by atoms with Crippen LogP contribution in [0.25, 0.3) is 0 Å². The highest BCUT2D eigenvalue weighted by molar-refractivity contribution is 9.10. The molecule has 1 aliphatic heterocycles. The van der Waals surface area contributed by atoms with Gasteiger partial charge in [0.15, 0.2) is 0 Å². The van der Waals surface area contributed by atoms with Crippen molar-refractivity contribution < 1.29 is 0 Å². The molecule has 0 aliphatic carbocycles. The number of rotatable bonds is 4. The molecule has 3 heteroatoms. The largest absolute Gasteiger partial charge is 0.383 e. The van der Waals surface area contributed by atoms with E-state index in [1.54, 1.807) is 0 Å². The van der Waals surface area contributed by atoms with Crippen LogP contribution in [0.1, 0.15) is 18.4 Å². The standard InChI is InChI=1S/C13H19BrN2/c1-11-5-4-6-12(13(11)14)15-7-10-16-8-2-3-9-16/h4-6,15H,2-3,7-10H2,1H3. The predicted molar refractivity (Wildman–Crippen MR) is 73.0 cm³/mol. The van der Waals surface area contributed by atoms with Crippen molar-refractivity contribution in [1.29, 1.82) is 0 Å². The maximum absolute atomic E-state index is 3.62. The van der Waals surface area contributed by atoms with Crippen molar-refractivity contribution in [3.05, 3.63) is 28.2 Å². The van der Waals surface area contributed by atoms with E-state index in [4.69, 9.17) is 0 Å². The molecule has 0 spiro atoms. The normalized spacial score (nSPS) is 16.6. The van der Waals surface area contributed by atoms with Crippen LogP contribution in [0, 0.1) is 6.92 Å². The van der Waals surface area contributed by atoms with Crippen LogP contribution < -0.4 is 5.32 Å². The minimum absolute atomic E-state index is 1.03. The molecule has 1 heterocycles. The Bertz CT molecular complexity index is 346. The third-order valence-electron chi connectivity index (χ3n) is 3.13. The van der Waals surface area contributed by atoms with Gasteiger partial charge in [0.1, 0.15) is 0 Å². The Morgan fingerprint density at radius 2 is 2.06 bits per heavy atom. The summed E-state index contributed by atoms with van der Waals surface area (Å²) in [5.74, 6) is 0. The fraction of sp³-hybridized carbons (Fsp3) is 0.538. The van der Waals surface area contributed by atoms with Crippen molar-refractivity contribution in [2.24, 2.45) is 0 Å². The first kappa shape index (κ1) is 11.9. The van der Waals surface area contributed by atoms with Gasteiger partial charge in [-0.25, -0.2) is 0 Å². The molecule has 2 rings (SSSR count). The lowest BCUT2D eigenvalue weighted by atomic mass is 10.2. The second kappa shape index (κ2) is 5.69. The Morgan fingerprint density at radius 1 is 1.31 bits per heavy atom. The number of nitrogens with zero attached hydrogens (tertiary/aromatic N) is 1. The molecule has 0 amide bonds. The highest BCUT2D eigenvalue weighted by Gasteiger charge is 2.10. The third-order valence-corrected chi connectivity index (χ3v) is 4.19. The van der Waals surface area contributed by atoms with E-state index in [2.05, 4.69) is 51.3 Å². The van der Waals surface area contributed by atoms with Crippen LogP contribution in [0.2, 0.25) is 0 Å². The van der Waals surface area contributed by atoms with Crippen molar-refractivity contribution in [3.63, 3.8) is 0 Å². The van der Waals surface area contributed by atoms with Gasteiger partial charge in [0.25, 0.3) is 0 Å². The van der Waals surface area contributed by atoms with Crippen molar-refractivity contribution in [2.45, 2.75) is 19.8 Å². The summed E-state index contributed by atoms with van der Waals surface area (Å²) < 4.78 is 1.19. The Balaban J connectivity index is 1.82. The maximum Gasteiger partial charge on any atom is 0.0487 e. The average Bonchev–Trinajstić information content (AvgIpc) is 2.77. The zero-order valence-corrected chi connectivity index (χ0v) is 11.4. The van der Waals surface area contributed by atoms with Crippen molar-refractivity contribution in [3.8, 4) is 0 Å². The molecule has 0 aromatic heterocycles. The summed E-state index contributed by atoms with van der Waals surface area (Å²) in [6, 6.07) is 6.34. The molecule has 0 bridgehead atoms. The molecular formula is C13H19BrN2. The van der Waals surface area contributed by atoms with E-state index in [0.717, 1.165) is 13.1 Å². The molecule has 1 aromatic carbocycles. The number of hydrogen-bond donors (Lipinski definition) is 1. The molecule has 0 unspecified atom stereocenters. The molecule has 1 N–H and O–H groups in total. The van der Waals surface area contributed by atoms with Crippen LogP contribution in [-0.2, 0) is 0 Å². The molecule has 1 aliphatic rings. The molecular weight excluding hydrogens is 264 g/mol. The van der Waals surface area contributed by atoms with Gasteiger partial charge in [-0.2, -0.15) is 0 Å². The Morgan fingerprint density at radius 3 is 2.81 bits per heavy atom. The Hall–Kier alpha value is -0.540. The number of nitrogens with one attached hydrogen (secondary N) is 1. The lowest BCUT2D eigenvalue weighted by Gasteiger charge is -2.16. The fourth-order valence-corrected chi connectivity index (χ4v) is 2.54. The number of likely N-dealkylation sites (tertiary alicyclic amines) is 1. The fourth-order valence-electron chi connectivity index (χ4n) is 2.14.